The number of hydrogen-bond donors (Lipinski definition) is 0. The Morgan fingerprint density at radius 1 is 0.760 bits per heavy atom. The molecule has 0 spiro atoms. The third-order valence-corrected chi connectivity index (χ3v) is 3.32. The molecule has 0 amide bonds. The molecule has 6 nitrogen and oxygen atoms in total. The third-order valence-electron chi connectivity index (χ3n) is 3.32. The van der Waals surface area contributed by atoms with Gasteiger partial charge >= 0.3 is 0 Å². The van der Waals surface area contributed by atoms with Crippen LogP contribution in [-0.2, 0) is 4.74 Å². The standard InChI is InChI=1S/C19H20O6/c1-22-19-12-16(14-21)4-7-18(19)25-11-9-23-8-10-24-17-5-2-15(13-20)3-6-17/h2-7,12-14H,8-11H2,1H3. The van der Waals surface area contributed by atoms with E-state index in [1.54, 1.807) is 42.5 Å². The number of methoxy groups -OCH3 is 1. The molecule has 0 N–H and O–H groups in total. The lowest BCUT2D eigenvalue weighted by Gasteiger charge is -2.11. The van der Waals surface area contributed by atoms with Crippen LogP contribution in [0.4, 0.5) is 0 Å². The summed E-state index contributed by atoms with van der Waals surface area (Å²) in [4.78, 5) is 21.3. The zero-order chi connectivity index (χ0) is 17.9. The lowest BCUT2D eigenvalue weighted by molar-refractivity contribution is 0.0757. The lowest BCUT2D eigenvalue weighted by atomic mass is 10.2. The molecule has 0 aliphatic rings. The summed E-state index contributed by atoms with van der Waals surface area (Å²) in [7, 11) is 1.52. The van der Waals surface area contributed by atoms with Gasteiger partial charge in [-0.3, -0.25) is 9.59 Å². The summed E-state index contributed by atoms with van der Waals surface area (Å²) in [6.45, 7) is 1.56. The van der Waals surface area contributed by atoms with Gasteiger partial charge in [0, 0.05) is 11.1 Å². The van der Waals surface area contributed by atoms with Crippen molar-refractivity contribution in [2.45, 2.75) is 0 Å². The van der Waals surface area contributed by atoms with Crippen LogP contribution in [0.25, 0.3) is 0 Å². The molecule has 0 heterocycles. The Morgan fingerprint density at radius 3 is 2.04 bits per heavy atom. The molecule has 0 aromatic heterocycles. The molecule has 0 aliphatic carbocycles. The summed E-state index contributed by atoms with van der Waals surface area (Å²) in [5, 5.41) is 0. The maximum absolute atomic E-state index is 10.7. The van der Waals surface area contributed by atoms with Gasteiger partial charge in [-0.1, -0.05) is 0 Å². The molecule has 0 saturated carbocycles. The average Bonchev–Trinajstić information content (AvgIpc) is 2.67. The van der Waals surface area contributed by atoms with Crippen LogP contribution in [0.3, 0.4) is 0 Å². The Hall–Kier alpha value is -2.86. The molecule has 0 fully saturated rings. The minimum Gasteiger partial charge on any atom is -0.493 e. The molecule has 0 radical (unpaired) electrons. The average molecular weight is 344 g/mol. The summed E-state index contributed by atoms with van der Waals surface area (Å²) in [5.41, 5.74) is 1.14. The predicted molar refractivity (Wildman–Crippen MR) is 92.0 cm³/mol. The Bertz CT molecular complexity index is 681. The predicted octanol–water partition coefficient (Wildman–Crippen LogP) is 2.79. The summed E-state index contributed by atoms with van der Waals surface area (Å²) >= 11 is 0. The van der Waals surface area contributed by atoms with Crippen LogP contribution in [0.1, 0.15) is 20.7 Å². The summed E-state index contributed by atoms with van der Waals surface area (Å²) in [6.07, 6.45) is 1.54. The van der Waals surface area contributed by atoms with Crippen LogP contribution in [0, 0.1) is 0 Å². The monoisotopic (exact) mass is 344 g/mol. The minimum absolute atomic E-state index is 0.352. The highest BCUT2D eigenvalue weighted by Crippen LogP contribution is 2.27. The normalized spacial score (nSPS) is 10.1. The van der Waals surface area contributed by atoms with Gasteiger partial charge in [-0.15, -0.1) is 0 Å². The van der Waals surface area contributed by atoms with Crippen molar-refractivity contribution in [2.24, 2.45) is 0 Å². The Labute approximate surface area is 146 Å². The van der Waals surface area contributed by atoms with Gasteiger partial charge in [-0.05, 0) is 42.5 Å². The van der Waals surface area contributed by atoms with Gasteiger partial charge in [0.05, 0.1) is 20.3 Å². The van der Waals surface area contributed by atoms with E-state index in [1.165, 1.54) is 7.11 Å². The van der Waals surface area contributed by atoms with Crippen molar-refractivity contribution in [3.63, 3.8) is 0 Å². The molecule has 2 rings (SSSR count). The zero-order valence-electron chi connectivity index (χ0n) is 14.0. The molecular weight excluding hydrogens is 324 g/mol. The SMILES string of the molecule is COc1cc(C=O)ccc1OCCOCCOc1ccc(C=O)cc1. The molecule has 0 unspecified atom stereocenters. The number of carbonyl (C=O) groups excluding carboxylic acids is 2. The van der Waals surface area contributed by atoms with E-state index in [2.05, 4.69) is 0 Å². The largest absolute Gasteiger partial charge is 0.493 e. The van der Waals surface area contributed by atoms with Gasteiger partial charge in [0.1, 0.15) is 31.5 Å². The fourth-order valence-corrected chi connectivity index (χ4v) is 2.05. The summed E-state index contributed by atoms with van der Waals surface area (Å²) in [6, 6.07) is 11.8. The van der Waals surface area contributed by atoms with E-state index in [9.17, 15) is 9.59 Å². The fraction of sp³-hybridized carbons (Fsp3) is 0.263. The Kier molecular flexibility index (Phi) is 7.46. The van der Waals surface area contributed by atoms with E-state index < -0.39 is 0 Å². The van der Waals surface area contributed by atoms with Gasteiger partial charge < -0.3 is 18.9 Å². The number of hydrogen-bond acceptors (Lipinski definition) is 6. The smallest absolute Gasteiger partial charge is 0.161 e. The quantitative estimate of drug-likeness (QED) is 0.461. The van der Waals surface area contributed by atoms with Crippen LogP contribution >= 0.6 is 0 Å². The van der Waals surface area contributed by atoms with Gasteiger partial charge in [-0.2, -0.15) is 0 Å². The third kappa shape index (κ3) is 5.93. The van der Waals surface area contributed by atoms with Gasteiger partial charge in [0.2, 0.25) is 0 Å². The van der Waals surface area contributed by atoms with Crippen molar-refractivity contribution in [2.75, 3.05) is 33.5 Å². The Morgan fingerprint density at radius 2 is 1.40 bits per heavy atom. The number of carbonyl (C=O) groups is 2. The highest BCUT2D eigenvalue weighted by Gasteiger charge is 2.05. The number of rotatable bonds is 11. The van der Waals surface area contributed by atoms with Crippen molar-refractivity contribution in [1.82, 2.24) is 0 Å². The van der Waals surface area contributed by atoms with Crippen LogP contribution in [0.5, 0.6) is 17.2 Å². The van der Waals surface area contributed by atoms with E-state index in [0.717, 1.165) is 12.6 Å². The topological polar surface area (TPSA) is 71.1 Å². The maximum atomic E-state index is 10.7. The first-order valence-electron chi connectivity index (χ1n) is 7.78. The van der Waals surface area contributed by atoms with Crippen molar-refractivity contribution >= 4 is 12.6 Å². The second-order valence-electron chi connectivity index (χ2n) is 5.02. The van der Waals surface area contributed by atoms with Crippen LogP contribution in [0.15, 0.2) is 42.5 Å². The summed E-state index contributed by atoms with van der Waals surface area (Å²) in [5.74, 6) is 1.75. The van der Waals surface area contributed by atoms with Crippen molar-refractivity contribution in [1.29, 1.82) is 0 Å². The van der Waals surface area contributed by atoms with Crippen molar-refractivity contribution in [3.05, 3.63) is 53.6 Å². The van der Waals surface area contributed by atoms with Crippen LogP contribution in [-0.4, -0.2) is 46.1 Å². The molecule has 0 aliphatic heterocycles. The fourth-order valence-electron chi connectivity index (χ4n) is 2.05. The molecule has 0 bridgehead atoms. The lowest BCUT2D eigenvalue weighted by Crippen LogP contribution is -2.12. The minimum atomic E-state index is 0.352. The van der Waals surface area contributed by atoms with Gasteiger partial charge in [-0.25, -0.2) is 0 Å². The molecule has 2 aromatic rings. The molecule has 2 aromatic carbocycles. The molecular formula is C19H20O6. The Balaban J connectivity index is 1.63. The van der Waals surface area contributed by atoms with E-state index in [0.29, 0.717) is 54.8 Å². The molecule has 6 heteroatoms. The summed E-state index contributed by atoms with van der Waals surface area (Å²) < 4.78 is 21.7. The van der Waals surface area contributed by atoms with Crippen LogP contribution < -0.4 is 14.2 Å². The maximum Gasteiger partial charge on any atom is 0.161 e. The van der Waals surface area contributed by atoms with Crippen molar-refractivity contribution < 1.29 is 28.5 Å². The van der Waals surface area contributed by atoms with Crippen molar-refractivity contribution in [3.8, 4) is 17.2 Å². The molecule has 25 heavy (non-hydrogen) atoms. The second-order valence-corrected chi connectivity index (χ2v) is 5.02. The van der Waals surface area contributed by atoms with E-state index in [-0.39, 0.29) is 0 Å². The van der Waals surface area contributed by atoms with Gasteiger partial charge in [0.25, 0.3) is 0 Å². The molecule has 0 atom stereocenters. The highest BCUT2D eigenvalue weighted by molar-refractivity contribution is 5.76. The van der Waals surface area contributed by atoms with E-state index in [4.69, 9.17) is 18.9 Å². The molecule has 0 saturated heterocycles. The molecule has 132 valence electrons. The first kappa shape index (κ1) is 18.5. The van der Waals surface area contributed by atoms with Gasteiger partial charge in [0.15, 0.2) is 11.5 Å². The number of benzene rings is 2. The first-order valence-corrected chi connectivity index (χ1v) is 7.78. The van der Waals surface area contributed by atoms with E-state index in [1.807, 2.05) is 0 Å². The van der Waals surface area contributed by atoms with E-state index >= 15 is 0 Å². The highest BCUT2D eigenvalue weighted by atomic mass is 16.6. The second kappa shape index (κ2) is 10.1. The van der Waals surface area contributed by atoms with Crippen LogP contribution in [0.2, 0.25) is 0 Å². The zero-order valence-corrected chi connectivity index (χ0v) is 14.0. The number of ether oxygens (including phenoxy) is 4. The number of aldehydes is 2. The first-order chi connectivity index (χ1) is 12.3.